The molecule has 3 rings (SSSR count). The van der Waals surface area contributed by atoms with Gasteiger partial charge in [-0.05, 0) is 25.1 Å². The Morgan fingerprint density at radius 3 is 2.63 bits per heavy atom. The summed E-state index contributed by atoms with van der Waals surface area (Å²) in [6.45, 7) is 2.29. The van der Waals surface area contributed by atoms with Crippen LogP contribution in [0.1, 0.15) is 20.9 Å². The molecule has 0 aliphatic rings. The minimum absolute atomic E-state index is 0.238. The highest BCUT2D eigenvalue weighted by Gasteiger charge is 2.17. The van der Waals surface area contributed by atoms with Gasteiger partial charge in [-0.15, -0.1) is 11.3 Å². The summed E-state index contributed by atoms with van der Waals surface area (Å²) in [5, 5.41) is 4.41. The Morgan fingerprint density at radius 1 is 1.15 bits per heavy atom. The minimum Gasteiger partial charge on any atom is -0.493 e. The number of rotatable bonds is 6. The lowest BCUT2D eigenvalue weighted by Gasteiger charge is -2.12. The Hall–Kier alpha value is -2.57. The summed E-state index contributed by atoms with van der Waals surface area (Å²) in [5.41, 5.74) is 2.18. The number of aromatic nitrogens is 1. The molecule has 0 spiro atoms. The van der Waals surface area contributed by atoms with Gasteiger partial charge in [0.15, 0.2) is 11.5 Å². The van der Waals surface area contributed by atoms with Crippen LogP contribution in [0.5, 0.6) is 11.5 Å². The molecular formula is C20H19ClN2O3S. The maximum Gasteiger partial charge on any atom is 0.255 e. The molecule has 0 saturated heterocycles. The van der Waals surface area contributed by atoms with E-state index in [9.17, 15) is 4.79 Å². The molecule has 0 aliphatic carbocycles. The highest BCUT2D eigenvalue weighted by molar-refractivity contribution is 7.15. The van der Waals surface area contributed by atoms with E-state index in [0.29, 0.717) is 28.6 Å². The smallest absolute Gasteiger partial charge is 0.255 e. The van der Waals surface area contributed by atoms with Gasteiger partial charge in [0, 0.05) is 10.4 Å². The number of hydrogen-bond acceptors (Lipinski definition) is 5. The van der Waals surface area contributed by atoms with Crippen LogP contribution in [0.25, 0.3) is 10.6 Å². The number of thiazole rings is 1. The highest BCUT2D eigenvalue weighted by Crippen LogP contribution is 2.33. The van der Waals surface area contributed by atoms with E-state index >= 15 is 0 Å². The van der Waals surface area contributed by atoms with Crippen molar-refractivity contribution in [3.63, 3.8) is 0 Å². The van der Waals surface area contributed by atoms with Gasteiger partial charge in [0.05, 0.1) is 37.0 Å². The molecule has 0 atom stereocenters. The van der Waals surface area contributed by atoms with E-state index in [0.717, 1.165) is 21.1 Å². The van der Waals surface area contributed by atoms with Crippen LogP contribution < -0.4 is 14.8 Å². The summed E-state index contributed by atoms with van der Waals surface area (Å²) in [7, 11) is 3.05. The van der Waals surface area contributed by atoms with Crippen LogP contribution in [0.3, 0.4) is 0 Å². The predicted molar refractivity (Wildman–Crippen MR) is 108 cm³/mol. The van der Waals surface area contributed by atoms with Gasteiger partial charge in [-0.3, -0.25) is 4.79 Å². The van der Waals surface area contributed by atoms with E-state index in [1.54, 1.807) is 18.2 Å². The number of amides is 1. The molecular weight excluding hydrogens is 384 g/mol. The molecule has 0 fully saturated rings. The highest BCUT2D eigenvalue weighted by atomic mass is 35.5. The fourth-order valence-corrected chi connectivity index (χ4v) is 3.99. The Kier molecular flexibility index (Phi) is 5.98. The number of para-hydroxylation sites is 1. The number of halogens is 1. The molecule has 1 aromatic heterocycles. The van der Waals surface area contributed by atoms with Gasteiger partial charge in [0.1, 0.15) is 5.01 Å². The number of carbonyl (C=O) groups is 1. The van der Waals surface area contributed by atoms with Crippen LogP contribution in [-0.4, -0.2) is 25.1 Å². The lowest BCUT2D eigenvalue weighted by Crippen LogP contribution is -2.23. The Morgan fingerprint density at radius 2 is 1.93 bits per heavy atom. The van der Waals surface area contributed by atoms with Crippen molar-refractivity contribution in [2.24, 2.45) is 0 Å². The van der Waals surface area contributed by atoms with E-state index < -0.39 is 0 Å². The Bertz CT molecular complexity index is 972. The summed E-state index contributed by atoms with van der Waals surface area (Å²) in [4.78, 5) is 18.2. The fraction of sp³-hybridized carbons (Fsp3) is 0.200. The minimum atomic E-state index is -0.238. The summed E-state index contributed by atoms with van der Waals surface area (Å²) >= 11 is 7.78. The Balaban J connectivity index is 1.78. The van der Waals surface area contributed by atoms with Crippen molar-refractivity contribution in [1.29, 1.82) is 0 Å². The molecule has 1 N–H and O–H groups in total. The van der Waals surface area contributed by atoms with Crippen molar-refractivity contribution >= 4 is 28.8 Å². The normalized spacial score (nSPS) is 10.5. The number of ether oxygens (including phenoxy) is 2. The first-order chi connectivity index (χ1) is 13.0. The first-order valence-electron chi connectivity index (χ1n) is 8.25. The van der Waals surface area contributed by atoms with Crippen LogP contribution in [0.2, 0.25) is 5.02 Å². The second-order valence-electron chi connectivity index (χ2n) is 5.73. The molecule has 27 heavy (non-hydrogen) atoms. The lowest BCUT2D eigenvalue weighted by atomic mass is 10.1. The first kappa shape index (κ1) is 19.2. The number of methoxy groups -OCH3 is 2. The maximum absolute atomic E-state index is 12.6. The molecule has 0 aliphatic heterocycles. The second-order valence-corrected chi connectivity index (χ2v) is 7.22. The van der Waals surface area contributed by atoms with Gasteiger partial charge in [0.25, 0.3) is 5.91 Å². The van der Waals surface area contributed by atoms with Crippen LogP contribution in [0, 0.1) is 6.92 Å². The van der Waals surface area contributed by atoms with Crippen molar-refractivity contribution in [1.82, 2.24) is 10.3 Å². The summed E-state index contributed by atoms with van der Waals surface area (Å²) in [5.74, 6) is 0.688. The molecule has 1 heterocycles. The zero-order valence-electron chi connectivity index (χ0n) is 15.2. The zero-order valence-corrected chi connectivity index (χ0v) is 16.8. The first-order valence-corrected chi connectivity index (χ1v) is 9.45. The topological polar surface area (TPSA) is 60.5 Å². The van der Waals surface area contributed by atoms with E-state index in [4.69, 9.17) is 21.1 Å². The number of benzene rings is 2. The van der Waals surface area contributed by atoms with Crippen LogP contribution in [0.15, 0.2) is 42.5 Å². The molecule has 7 heteroatoms. The molecule has 0 unspecified atom stereocenters. The number of nitrogens with zero attached hydrogens (tertiary/aromatic N) is 1. The predicted octanol–water partition coefficient (Wildman–Crippen LogP) is 4.72. The van der Waals surface area contributed by atoms with Crippen LogP contribution >= 0.6 is 22.9 Å². The standard InChI is InChI=1S/C20H19ClN2O3S/c1-12-17(27-20(23-12)13-7-4-5-9-15(13)21)11-22-19(24)14-8-6-10-16(25-2)18(14)26-3/h4-10H,11H2,1-3H3,(H,22,24). The van der Waals surface area contributed by atoms with Gasteiger partial charge < -0.3 is 14.8 Å². The molecule has 2 aromatic carbocycles. The molecule has 5 nitrogen and oxygen atoms in total. The number of hydrogen-bond donors (Lipinski definition) is 1. The molecule has 3 aromatic rings. The third-order valence-electron chi connectivity index (χ3n) is 4.05. The average Bonchev–Trinajstić information content (AvgIpc) is 3.06. The molecule has 0 radical (unpaired) electrons. The molecule has 1 amide bonds. The second kappa shape index (κ2) is 8.41. The average molecular weight is 403 g/mol. The quantitative estimate of drug-likeness (QED) is 0.648. The summed E-state index contributed by atoms with van der Waals surface area (Å²) in [6, 6.07) is 12.8. The molecule has 0 bridgehead atoms. The van der Waals surface area contributed by atoms with Crippen LogP contribution in [0.4, 0.5) is 0 Å². The van der Waals surface area contributed by atoms with Gasteiger partial charge in [-0.25, -0.2) is 4.98 Å². The van der Waals surface area contributed by atoms with E-state index in [2.05, 4.69) is 10.3 Å². The van der Waals surface area contributed by atoms with Crippen molar-refractivity contribution in [3.05, 3.63) is 63.6 Å². The summed E-state index contributed by atoms with van der Waals surface area (Å²) < 4.78 is 10.6. The Labute approximate surface area is 166 Å². The van der Waals surface area contributed by atoms with Gasteiger partial charge in [-0.2, -0.15) is 0 Å². The number of aryl methyl sites for hydroxylation is 1. The third kappa shape index (κ3) is 4.07. The van der Waals surface area contributed by atoms with E-state index in [1.807, 2.05) is 31.2 Å². The zero-order chi connectivity index (χ0) is 19.4. The molecule has 0 saturated carbocycles. The lowest BCUT2D eigenvalue weighted by molar-refractivity contribution is 0.0947. The van der Waals surface area contributed by atoms with E-state index in [1.165, 1.54) is 25.6 Å². The SMILES string of the molecule is COc1cccc(C(=O)NCc2sc(-c3ccccc3Cl)nc2C)c1OC. The van der Waals surface area contributed by atoms with Crippen molar-refractivity contribution in [3.8, 4) is 22.1 Å². The largest absolute Gasteiger partial charge is 0.493 e. The van der Waals surface area contributed by atoms with Crippen LogP contribution in [-0.2, 0) is 6.54 Å². The number of nitrogens with one attached hydrogen (secondary N) is 1. The number of carbonyl (C=O) groups excluding carboxylic acids is 1. The van der Waals surface area contributed by atoms with Crippen molar-refractivity contribution < 1.29 is 14.3 Å². The third-order valence-corrected chi connectivity index (χ3v) is 5.57. The molecule has 140 valence electrons. The van der Waals surface area contributed by atoms with Gasteiger partial charge >= 0.3 is 0 Å². The maximum atomic E-state index is 12.6. The van der Waals surface area contributed by atoms with E-state index in [-0.39, 0.29) is 5.91 Å². The van der Waals surface area contributed by atoms with Crippen molar-refractivity contribution in [2.45, 2.75) is 13.5 Å². The van der Waals surface area contributed by atoms with Gasteiger partial charge in [-0.1, -0.05) is 35.9 Å². The fourth-order valence-electron chi connectivity index (χ4n) is 2.66. The van der Waals surface area contributed by atoms with Gasteiger partial charge in [0.2, 0.25) is 0 Å². The van der Waals surface area contributed by atoms with Crippen molar-refractivity contribution in [2.75, 3.05) is 14.2 Å². The summed E-state index contributed by atoms with van der Waals surface area (Å²) in [6.07, 6.45) is 0. The monoisotopic (exact) mass is 402 g/mol.